The zero-order valence-electron chi connectivity index (χ0n) is 5.23. The monoisotopic (exact) mass is 160 g/mol. The molecule has 0 spiro atoms. The number of aliphatic hydroxyl groups excluding tert-OH is 1. The number of carbonyl (C=O) groups is 1. The number of carboxylic acid groups (broad SMARTS) is 1. The summed E-state index contributed by atoms with van der Waals surface area (Å²) < 4.78 is 0. The molecule has 0 bridgehead atoms. The molecular formula is C6H8O3S. The van der Waals surface area contributed by atoms with Gasteiger partial charge in [0.1, 0.15) is 6.61 Å². The van der Waals surface area contributed by atoms with Gasteiger partial charge in [-0.05, 0) is 10.8 Å². The quantitative estimate of drug-likeness (QED) is 0.639. The van der Waals surface area contributed by atoms with Gasteiger partial charge in [0.15, 0.2) is 0 Å². The van der Waals surface area contributed by atoms with Gasteiger partial charge < -0.3 is 10.2 Å². The molecule has 1 aromatic rings. The maximum absolute atomic E-state index is 9.12. The smallest absolute Gasteiger partial charge is 0.329 e. The molecule has 0 aromatic carbocycles. The van der Waals surface area contributed by atoms with Crippen LogP contribution in [0.25, 0.3) is 0 Å². The Morgan fingerprint density at radius 2 is 1.80 bits per heavy atom. The van der Waals surface area contributed by atoms with Crippen molar-refractivity contribution in [3.63, 3.8) is 0 Å². The van der Waals surface area contributed by atoms with E-state index in [0.717, 1.165) is 0 Å². The molecular weight excluding hydrogens is 152 g/mol. The Morgan fingerprint density at radius 1 is 1.40 bits per heavy atom. The highest BCUT2D eigenvalue weighted by molar-refractivity contribution is 7.07. The minimum Gasteiger partial charge on any atom is -0.480 e. The molecule has 0 saturated heterocycles. The van der Waals surface area contributed by atoms with Crippen molar-refractivity contribution in [2.75, 3.05) is 6.61 Å². The Hall–Kier alpha value is -0.870. The van der Waals surface area contributed by atoms with E-state index in [1.54, 1.807) is 11.3 Å². The molecule has 0 fully saturated rings. The zero-order valence-corrected chi connectivity index (χ0v) is 6.04. The predicted molar refractivity (Wildman–Crippen MR) is 39.0 cm³/mol. The van der Waals surface area contributed by atoms with Gasteiger partial charge in [-0.15, -0.1) is 0 Å². The molecule has 1 aromatic heterocycles. The Labute approximate surface area is 62.6 Å². The van der Waals surface area contributed by atoms with Crippen molar-refractivity contribution in [2.24, 2.45) is 0 Å². The highest BCUT2D eigenvalue weighted by Gasteiger charge is 1.82. The van der Waals surface area contributed by atoms with Gasteiger partial charge in [-0.25, -0.2) is 4.79 Å². The molecule has 3 nitrogen and oxygen atoms in total. The van der Waals surface area contributed by atoms with E-state index in [-0.39, 0.29) is 0 Å². The van der Waals surface area contributed by atoms with Crippen LogP contribution in [0.1, 0.15) is 0 Å². The molecule has 56 valence electrons. The van der Waals surface area contributed by atoms with Crippen LogP contribution in [0.4, 0.5) is 0 Å². The highest BCUT2D eigenvalue weighted by Crippen LogP contribution is 1.91. The van der Waals surface area contributed by atoms with Crippen molar-refractivity contribution in [1.29, 1.82) is 0 Å². The fourth-order valence-corrected chi connectivity index (χ4v) is 0.680. The summed E-state index contributed by atoms with van der Waals surface area (Å²) in [4.78, 5) is 9.12. The van der Waals surface area contributed by atoms with Gasteiger partial charge in [0.05, 0.1) is 0 Å². The average molecular weight is 160 g/mol. The molecule has 4 heteroatoms. The minimum atomic E-state index is -1.19. The molecule has 0 radical (unpaired) electrons. The maximum Gasteiger partial charge on any atom is 0.329 e. The summed E-state index contributed by atoms with van der Waals surface area (Å²) in [6.45, 7) is -0.778. The van der Waals surface area contributed by atoms with E-state index in [1.807, 2.05) is 22.9 Å². The van der Waals surface area contributed by atoms with E-state index in [9.17, 15) is 0 Å². The third kappa shape index (κ3) is 7.13. The number of thiophene rings is 1. The van der Waals surface area contributed by atoms with Gasteiger partial charge in [0.25, 0.3) is 0 Å². The van der Waals surface area contributed by atoms with Crippen LogP contribution in [0.5, 0.6) is 0 Å². The van der Waals surface area contributed by atoms with Crippen molar-refractivity contribution >= 4 is 17.3 Å². The maximum atomic E-state index is 9.12. The fraction of sp³-hybridized carbons (Fsp3) is 0.167. The van der Waals surface area contributed by atoms with E-state index >= 15 is 0 Å². The van der Waals surface area contributed by atoms with Crippen LogP contribution < -0.4 is 0 Å². The molecule has 0 aliphatic heterocycles. The summed E-state index contributed by atoms with van der Waals surface area (Å²) in [5.74, 6) is -1.19. The third-order valence-corrected chi connectivity index (χ3v) is 1.19. The molecule has 0 saturated carbocycles. The van der Waals surface area contributed by atoms with E-state index in [0.29, 0.717) is 0 Å². The summed E-state index contributed by atoms with van der Waals surface area (Å²) in [5.41, 5.74) is 0. The Kier molecular flexibility index (Phi) is 5.71. The second-order valence-corrected chi connectivity index (χ2v) is 2.16. The first-order valence-corrected chi connectivity index (χ1v) is 3.51. The first-order valence-electron chi connectivity index (χ1n) is 2.57. The Balaban J connectivity index is 0.000000162. The summed E-state index contributed by atoms with van der Waals surface area (Å²) in [6.07, 6.45) is 0. The van der Waals surface area contributed by atoms with Crippen molar-refractivity contribution in [2.45, 2.75) is 0 Å². The first kappa shape index (κ1) is 9.13. The van der Waals surface area contributed by atoms with Gasteiger partial charge in [-0.1, -0.05) is 12.1 Å². The summed E-state index contributed by atoms with van der Waals surface area (Å²) >= 11 is 1.71. The lowest BCUT2D eigenvalue weighted by atomic mass is 10.7. The van der Waals surface area contributed by atoms with E-state index in [4.69, 9.17) is 15.0 Å². The standard InChI is InChI=1S/C4H4S.C2H4O3/c1-2-4-5-3-1;3-1-2(4)5/h1-4H;3H,1H2,(H,4,5). The van der Waals surface area contributed by atoms with Crippen LogP contribution in [0, 0.1) is 0 Å². The van der Waals surface area contributed by atoms with Gasteiger partial charge in [0.2, 0.25) is 0 Å². The van der Waals surface area contributed by atoms with Crippen LogP contribution in [-0.2, 0) is 4.79 Å². The normalized spacial score (nSPS) is 7.70. The lowest BCUT2D eigenvalue weighted by Crippen LogP contribution is -1.98. The van der Waals surface area contributed by atoms with Crippen molar-refractivity contribution in [3.05, 3.63) is 22.9 Å². The summed E-state index contributed by atoms with van der Waals surface area (Å²) in [5, 5.41) is 19.1. The highest BCUT2D eigenvalue weighted by atomic mass is 32.1. The zero-order chi connectivity index (χ0) is 7.82. The van der Waals surface area contributed by atoms with Crippen LogP contribution in [0.3, 0.4) is 0 Å². The van der Waals surface area contributed by atoms with E-state index in [1.165, 1.54) is 0 Å². The second kappa shape index (κ2) is 6.25. The topological polar surface area (TPSA) is 57.5 Å². The molecule has 1 rings (SSSR count). The molecule has 0 unspecified atom stereocenters. The summed E-state index contributed by atoms with van der Waals surface area (Å²) in [7, 11) is 0. The molecule has 2 N–H and O–H groups in total. The van der Waals surface area contributed by atoms with Crippen molar-refractivity contribution < 1.29 is 15.0 Å². The molecule has 10 heavy (non-hydrogen) atoms. The molecule has 1 heterocycles. The van der Waals surface area contributed by atoms with E-state index in [2.05, 4.69) is 0 Å². The number of aliphatic carboxylic acids is 1. The van der Waals surface area contributed by atoms with Gasteiger partial charge in [0, 0.05) is 0 Å². The number of carboxylic acids is 1. The second-order valence-electron chi connectivity index (χ2n) is 1.35. The van der Waals surface area contributed by atoms with Crippen LogP contribution >= 0.6 is 11.3 Å². The number of aliphatic hydroxyl groups is 1. The van der Waals surface area contributed by atoms with Crippen LogP contribution in [0.2, 0.25) is 0 Å². The molecule has 0 amide bonds. The fourth-order valence-electron chi connectivity index (χ4n) is 0.227. The van der Waals surface area contributed by atoms with Crippen LogP contribution in [-0.4, -0.2) is 22.8 Å². The van der Waals surface area contributed by atoms with Crippen molar-refractivity contribution in [3.8, 4) is 0 Å². The number of hydrogen-bond donors (Lipinski definition) is 2. The lowest BCUT2D eigenvalue weighted by molar-refractivity contribution is -0.140. The van der Waals surface area contributed by atoms with Crippen molar-refractivity contribution in [1.82, 2.24) is 0 Å². The molecule has 0 aliphatic rings. The SMILES string of the molecule is O=C(O)CO.c1ccsc1. The third-order valence-electron chi connectivity index (χ3n) is 0.561. The van der Waals surface area contributed by atoms with Gasteiger partial charge in [-0.2, -0.15) is 11.3 Å². The largest absolute Gasteiger partial charge is 0.480 e. The number of rotatable bonds is 1. The Morgan fingerprint density at radius 3 is 1.90 bits per heavy atom. The Bertz CT molecular complexity index is 142. The van der Waals surface area contributed by atoms with Crippen LogP contribution in [0.15, 0.2) is 22.9 Å². The lowest BCUT2D eigenvalue weighted by Gasteiger charge is -1.72. The molecule has 0 aliphatic carbocycles. The van der Waals surface area contributed by atoms with Gasteiger partial charge in [-0.3, -0.25) is 0 Å². The van der Waals surface area contributed by atoms with E-state index < -0.39 is 12.6 Å². The minimum absolute atomic E-state index is 0.778. The average Bonchev–Trinajstić information content (AvgIpc) is 2.43. The number of hydrogen-bond acceptors (Lipinski definition) is 3. The summed E-state index contributed by atoms with van der Waals surface area (Å²) in [6, 6.07) is 4.04. The molecule has 0 atom stereocenters. The predicted octanol–water partition coefficient (Wildman–Crippen LogP) is 0.811. The van der Waals surface area contributed by atoms with Gasteiger partial charge >= 0.3 is 5.97 Å². The first-order chi connectivity index (χ1) is 4.77.